The molecule has 30 heavy (non-hydrogen) atoms. The van der Waals surface area contributed by atoms with E-state index in [1.165, 1.54) is 48.5 Å². The molecule has 2 aliphatic rings. The summed E-state index contributed by atoms with van der Waals surface area (Å²) in [7, 11) is 0. The molecule has 4 rings (SSSR count). The summed E-state index contributed by atoms with van der Waals surface area (Å²) in [6.07, 6.45) is 0. The van der Waals surface area contributed by atoms with Crippen molar-refractivity contribution in [1.82, 2.24) is 9.80 Å². The molecule has 0 bridgehead atoms. The molecule has 0 aliphatic carbocycles. The largest absolute Gasteiger partial charge is 0.289 e. The van der Waals surface area contributed by atoms with Crippen molar-refractivity contribution in [2.45, 2.75) is 23.6 Å². The van der Waals surface area contributed by atoms with E-state index in [-0.39, 0.29) is 13.1 Å². The minimum atomic E-state index is -1.02. The van der Waals surface area contributed by atoms with Crippen molar-refractivity contribution in [2.75, 3.05) is 0 Å². The van der Waals surface area contributed by atoms with Gasteiger partial charge in [-0.15, -0.1) is 0 Å². The van der Waals surface area contributed by atoms with Crippen LogP contribution in [-0.4, -0.2) is 42.6 Å². The fourth-order valence-corrected chi connectivity index (χ4v) is 5.41. The Morgan fingerprint density at radius 1 is 0.633 bits per heavy atom. The molecule has 0 N–H and O–H groups in total. The first kappa shape index (κ1) is 20.5. The van der Waals surface area contributed by atoms with Crippen LogP contribution >= 0.6 is 23.5 Å². The molecule has 154 valence electrons. The Bertz CT molecular complexity index is 947. The van der Waals surface area contributed by atoms with E-state index < -0.39 is 44.4 Å². The zero-order valence-electron chi connectivity index (χ0n) is 15.3. The molecule has 0 aromatic heterocycles. The number of carbonyl (C=O) groups is 4. The van der Waals surface area contributed by atoms with Gasteiger partial charge in [-0.25, -0.2) is 8.78 Å². The molecule has 2 aromatic carbocycles. The highest BCUT2D eigenvalue weighted by Crippen LogP contribution is 2.40. The molecule has 0 radical (unpaired) electrons. The number of thioether (sulfide) groups is 2. The van der Waals surface area contributed by atoms with Crippen molar-refractivity contribution in [1.29, 1.82) is 0 Å². The van der Waals surface area contributed by atoms with Crippen LogP contribution in [0.3, 0.4) is 0 Å². The van der Waals surface area contributed by atoms with Crippen molar-refractivity contribution in [3.05, 3.63) is 71.3 Å². The Hall–Kier alpha value is -2.72. The van der Waals surface area contributed by atoms with Gasteiger partial charge in [0.1, 0.15) is 22.1 Å². The van der Waals surface area contributed by atoms with Gasteiger partial charge in [0.05, 0.1) is 13.1 Å². The summed E-state index contributed by atoms with van der Waals surface area (Å²) >= 11 is 1.42. The van der Waals surface area contributed by atoms with Gasteiger partial charge in [-0.05, 0) is 58.9 Å². The van der Waals surface area contributed by atoms with Gasteiger partial charge in [0.25, 0.3) is 10.5 Å². The molecular formula is C20H14F2N2O4S2. The van der Waals surface area contributed by atoms with E-state index in [1.54, 1.807) is 0 Å². The van der Waals surface area contributed by atoms with E-state index in [2.05, 4.69) is 0 Å². The lowest BCUT2D eigenvalue weighted by molar-refractivity contribution is -0.132. The highest BCUT2D eigenvalue weighted by Gasteiger charge is 2.52. The lowest BCUT2D eigenvalue weighted by atomic mass is 10.1. The van der Waals surface area contributed by atoms with Crippen molar-refractivity contribution in [3.8, 4) is 0 Å². The second kappa shape index (κ2) is 8.19. The smallest absolute Gasteiger partial charge is 0.273 e. The first-order chi connectivity index (χ1) is 14.3. The van der Waals surface area contributed by atoms with E-state index in [0.717, 1.165) is 9.80 Å². The third-order valence-corrected chi connectivity index (χ3v) is 7.17. The van der Waals surface area contributed by atoms with E-state index in [0.29, 0.717) is 34.7 Å². The van der Waals surface area contributed by atoms with E-state index in [9.17, 15) is 28.0 Å². The van der Waals surface area contributed by atoms with Crippen LogP contribution < -0.4 is 0 Å². The van der Waals surface area contributed by atoms with E-state index >= 15 is 0 Å². The third-order valence-electron chi connectivity index (χ3n) is 4.70. The lowest BCUT2D eigenvalue weighted by Crippen LogP contribution is -2.40. The SMILES string of the molecule is O=C1S[C@H]([C@H]2SC(=O)N(Cc3ccc(F)cc3)C2=O)C(=O)N1Cc1ccc(F)cc1. The second-order valence-corrected chi connectivity index (χ2v) is 8.90. The van der Waals surface area contributed by atoms with Gasteiger partial charge in [0, 0.05) is 0 Å². The predicted molar refractivity (Wildman–Crippen MR) is 107 cm³/mol. The first-order valence-electron chi connectivity index (χ1n) is 8.86. The van der Waals surface area contributed by atoms with Crippen molar-refractivity contribution in [2.24, 2.45) is 0 Å². The first-order valence-corrected chi connectivity index (χ1v) is 10.6. The number of imide groups is 2. The Kier molecular flexibility index (Phi) is 5.61. The number of hydrogen-bond donors (Lipinski definition) is 0. The van der Waals surface area contributed by atoms with Gasteiger partial charge in [-0.3, -0.25) is 29.0 Å². The maximum Gasteiger partial charge on any atom is 0.289 e. The number of amides is 4. The van der Waals surface area contributed by atoms with Crippen LogP contribution in [0.25, 0.3) is 0 Å². The number of carbonyl (C=O) groups excluding carboxylic acids is 4. The molecule has 2 heterocycles. The number of rotatable bonds is 5. The molecule has 0 saturated carbocycles. The summed E-state index contributed by atoms with van der Waals surface area (Å²) < 4.78 is 26.1. The number of benzene rings is 2. The van der Waals surface area contributed by atoms with Crippen LogP contribution in [0.4, 0.5) is 18.4 Å². The highest BCUT2D eigenvalue weighted by molar-refractivity contribution is 8.19. The third kappa shape index (κ3) is 3.97. The minimum absolute atomic E-state index is 0.0414. The van der Waals surface area contributed by atoms with E-state index in [4.69, 9.17) is 0 Å². The summed E-state index contributed by atoms with van der Waals surface area (Å²) in [5.74, 6) is -1.98. The van der Waals surface area contributed by atoms with Gasteiger partial charge in [0.15, 0.2) is 0 Å². The van der Waals surface area contributed by atoms with Crippen molar-refractivity contribution in [3.63, 3.8) is 0 Å². The molecule has 0 spiro atoms. The van der Waals surface area contributed by atoms with Crippen LogP contribution in [0, 0.1) is 11.6 Å². The molecule has 4 amide bonds. The fourth-order valence-electron chi connectivity index (χ4n) is 3.14. The molecule has 2 atom stereocenters. The molecule has 2 saturated heterocycles. The average molecular weight is 448 g/mol. The molecule has 10 heteroatoms. The maximum absolute atomic E-state index is 13.1. The summed E-state index contributed by atoms with van der Waals surface area (Å²) in [5.41, 5.74) is 1.14. The molecule has 0 unspecified atom stereocenters. The zero-order chi connectivity index (χ0) is 21.4. The second-order valence-electron chi connectivity index (χ2n) is 6.71. The van der Waals surface area contributed by atoms with E-state index in [1.807, 2.05) is 0 Å². The van der Waals surface area contributed by atoms with Crippen LogP contribution in [0.5, 0.6) is 0 Å². The summed E-state index contributed by atoms with van der Waals surface area (Å²) in [6, 6.07) is 10.8. The number of hydrogen-bond acceptors (Lipinski definition) is 6. The lowest BCUT2D eigenvalue weighted by Gasteiger charge is -2.17. The Morgan fingerprint density at radius 2 is 0.967 bits per heavy atom. The Labute approximate surface area is 178 Å². The van der Waals surface area contributed by atoms with Crippen molar-refractivity contribution >= 4 is 45.8 Å². The fraction of sp³-hybridized carbons (Fsp3) is 0.200. The van der Waals surface area contributed by atoms with Gasteiger partial charge < -0.3 is 0 Å². The molecule has 2 aliphatic heterocycles. The Balaban J connectivity index is 1.47. The monoisotopic (exact) mass is 448 g/mol. The summed E-state index contributed by atoms with van der Waals surface area (Å²) in [6.45, 7) is -0.0828. The van der Waals surface area contributed by atoms with Gasteiger partial charge >= 0.3 is 0 Å². The van der Waals surface area contributed by atoms with Gasteiger partial charge in [-0.1, -0.05) is 24.3 Å². The molecule has 6 nitrogen and oxygen atoms in total. The molecule has 2 fully saturated rings. The standard InChI is InChI=1S/C20H14F2N2O4S2/c21-13-5-1-11(2-6-13)9-23-17(25)15(29-19(23)27)16-18(26)24(20(28)30-16)10-12-3-7-14(22)8-4-12/h1-8,15-16H,9-10H2/t15-,16-/m1/s1. The quantitative estimate of drug-likeness (QED) is 0.693. The summed E-state index contributed by atoms with van der Waals surface area (Å²) in [4.78, 5) is 52.3. The van der Waals surface area contributed by atoms with Gasteiger partial charge in [-0.2, -0.15) is 0 Å². The maximum atomic E-state index is 13.1. The van der Waals surface area contributed by atoms with Gasteiger partial charge in [0.2, 0.25) is 11.8 Å². The molecular weight excluding hydrogens is 434 g/mol. The van der Waals surface area contributed by atoms with Crippen LogP contribution in [0.1, 0.15) is 11.1 Å². The van der Waals surface area contributed by atoms with Crippen LogP contribution in [0.2, 0.25) is 0 Å². The average Bonchev–Trinajstić information content (AvgIpc) is 3.15. The van der Waals surface area contributed by atoms with Crippen LogP contribution in [0.15, 0.2) is 48.5 Å². The Morgan fingerprint density at radius 3 is 1.30 bits per heavy atom. The molecule has 2 aromatic rings. The minimum Gasteiger partial charge on any atom is -0.273 e. The van der Waals surface area contributed by atoms with Crippen LogP contribution in [-0.2, 0) is 22.7 Å². The zero-order valence-corrected chi connectivity index (χ0v) is 16.9. The predicted octanol–water partition coefficient (Wildman–Crippen LogP) is 3.79. The number of halogens is 2. The topological polar surface area (TPSA) is 74.8 Å². The normalized spacial score (nSPS) is 21.8. The summed E-state index contributed by atoms with van der Waals surface area (Å²) in [5, 5.41) is -3.07. The van der Waals surface area contributed by atoms with Crippen molar-refractivity contribution < 1.29 is 28.0 Å². The highest BCUT2D eigenvalue weighted by atomic mass is 32.2. The number of nitrogens with zero attached hydrogens (tertiary/aromatic N) is 2.